The second-order valence-corrected chi connectivity index (χ2v) is 17.2. The van der Waals surface area contributed by atoms with Gasteiger partial charge in [0.05, 0.1) is 57.4 Å². The number of imide groups is 1. The summed E-state index contributed by atoms with van der Waals surface area (Å²) in [6, 6.07) is 51.7. The van der Waals surface area contributed by atoms with Gasteiger partial charge >= 0.3 is 0 Å². The largest absolute Gasteiger partial charge is 0.394 e. The average molecular weight is 947 g/mol. The van der Waals surface area contributed by atoms with E-state index in [-0.39, 0.29) is 50.8 Å². The first-order valence-electron chi connectivity index (χ1n) is 23.3. The van der Waals surface area contributed by atoms with E-state index in [1.165, 1.54) is 0 Å². The van der Waals surface area contributed by atoms with Gasteiger partial charge in [0.25, 0.3) is 11.8 Å². The lowest BCUT2D eigenvalue weighted by molar-refractivity contribution is -0.346. The molecule has 9 rings (SSSR count). The molecular formula is C55H54N4O11. The van der Waals surface area contributed by atoms with Gasteiger partial charge in [-0.2, -0.15) is 0 Å². The Kier molecular flexibility index (Phi) is 16.5. The normalized spacial score (nSPS) is 25.3. The van der Waals surface area contributed by atoms with Crippen LogP contribution in [0.3, 0.4) is 0 Å². The van der Waals surface area contributed by atoms with Gasteiger partial charge in [-0.25, -0.2) is 0 Å². The summed E-state index contributed by atoms with van der Waals surface area (Å²) >= 11 is 0. The Balaban J connectivity index is 1.11. The van der Waals surface area contributed by atoms with Crippen molar-refractivity contribution in [2.24, 2.45) is 5.11 Å². The fourth-order valence-corrected chi connectivity index (χ4v) is 9.07. The molecule has 6 aromatic carbocycles. The zero-order chi connectivity index (χ0) is 48.1. The number of carbonyl (C=O) groups excluding carboxylic acids is 2. The third-order valence-electron chi connectivity index (χ3n) is 12.5. The van der Waals surface area contributed by atoms with Crippen LogP contribution in [0.15, 0.2) is 181 Å². The number of azide groups is 1. The zero-order valence-electron chi connectivity index (χ0n) is 38.3. The minimum atomic E-state index is -1.42. The number of ether oxygens (including phenoxy) is 8. The molecule has 10 atom stereocenters. The highest BCUT2D eigenvalue weighted by atomic mass is 16.7. The van der Waals surface area contributed by atoms with Gasteiger partial charge in [-0.05, 0) is 45.5 Å². The molecule has 0 unspecified atom stereocenters. The van der Waals surface area contributed by atoms with Crippen LogP contribution in [-0.2, 0) is 70.9 Å². The third kappa shape index (κ3) is 11.5. The van der Waals surface area contributed by atoms with Gasteiger partial charge < -0.3 is 43.0 Å². The first-order chi connectivity index (χ1) is 34.5. The summed E-state index contributed by atoms with van der Waals surface area (Å²) in [7, 11) is 0. The standard InChI is InChI=1S/C55H54N4O11/c56-58-57-46-50(65-33-39-22-10-3-11-23-39)48(64-32-38-20-8-2-9-21-38)45(36-63-31-37-18-6-1-7-19-37)69-54(46)70-49-44(30-60)68-55(67-35-41-26-14-5-15-27-41)47(51(49)66-34-40-24-12-4-13-25-40)59-52(61)42-28-16-17-29-43(42)53(59)62/h1-29,44-51,54-55,60H,30-36H2/t44-,45-,46-,47-,48-,49-,50-,51-,54+,55-/m1/s1. The summed E-state index contributed by atoms with van der Waals surface area (Å²) in [4.78, 5) is 33.4. The zero-order valence-corrected chi connectivity index (χ0v) is 38.3. The van der Waals surface area contributed by atoms with Crippen LogP contribution >= 0.6 is 0 Å². The van der Waals surface area contributed by atoms with Crippen molar-refractivity contribution in [2.75, 3.05) is 13.2 Å². The Morgan fingerprint density at radius 2 is 0.914 bits per heavy atom. The second kappa shape index (κ2) is 23.8. The van der Waals surface area contributed by atoms with Crippen LogP contribution in [0.2, 0.25) is 0 Å². The molecule has 2 amide bonds. The molecule has 3 heterocycles. The number of nitrogens with zero attached hydrogens (tertiary/aromatic N) is 4. The van der Waals surface area contributed by atoms with E-state index in [1.54, 1.807) is 24.3 Å². The van der Waals surface area contributed by atoms with Gasteiger partial charge in [0, 0.05) is 4.91 Å². The van der Waals surface area contributed by atoms with Crippen molar-refractivity contribution in [2.45, 2.75) is 94.3 Å². The Labute approximate surface area is 406 Å². The molecule has 360 valence electrons. The quantitative estimate of drug-likeness (QED) is 0.0317. The summed E-state index contributed by atoms with van der Waals surface area (Å²) in [5.41, 5.74) is 14.9. The van der Waals surface area contributed by atoms with E-state index < -0.39 is 79.7 Å². The van der Waals surface area contributed by atoms with Gasteiger partial charge in [0.1, 0.15) is 48.7 Å². The molecule has 0 saturated carbocycles. The summed E-state index contributed by atoms with van der Waals surface area (Å²) < 4.78 is 53.7. The van der Waals surface area contributed by atoms with Crippen LogP contribution in [0, 0.1) is 0 Å². The van der Waals surface area contributed by atoms with Crippen molar-refractivity contribution in [1.29, 1.82) is 0 Å². The maximum Gasteiger partial charge on any atom is 0.262 e. The molecule has 0 aromatic heterocycles. The van der Waals surface area contributed by atoms with Gasteiger partial charge in [-0.1, -0.05) is 169 Å². The molecule has 0 bridgehead atoms. The summed E-state index contributed by atoms with van der Waals surface area (Å²) in [5, 5.41) is 15.6. The van der Waals surface area contributed by atoms with Gasteiger partial charge in [-0.3, -0.25) is 14.5 Å². The van der Waals surface area contributed by atoms with Crippen molar-refractivity contribution in [1.82, 2.24) is 4.90 Å². The first-order valence-corrected chi connectivity index (χ1v) is 23.3. The number of aliphatic hydroxyl groups excluding tert-OH is 1. The van der Waals surface area contributed by atoms with E-state index in [4.69, 9.17) is 37.9 Å². The van der Waals surface area contributed by atoms with Crippen LogP contribution in [0.4, 0.5) is 0 Å². The Morgan fingerprint density at radius 3 is 1.39 bits per heavy atom. The van der Waals surface area contributed by atoms with Crippen LogP contribution in [0.1, 0.15) is 48.5 Å². The molecule has 0 aliphatic carbocycles. The lowest BCUT2D eigenvalue weighted by Crippen LogP contribution is -2.69. The van der Waals surface area contributed by atoms with E-state index in [0.717, 1.165) is 32.7 Å². The smallest absolute Gasteiger partial charge is 0.262 e. The number of hydrogen-bond donors (Lipinski definition) is 1. The van der Waals surface area contributed by atoms with Crippen LogP contribution in [-0.4, -0.2) is 96.3 Å². The second-order valence-electron chi connectivity index (χ2n) is 17.2. The van der Waals surface area contributed by atoms with Crippen molar-refractivity contribution >= 4 is 11.8 Å². The van der Waals surface area contributed by atoms with Crippen LogP contribution in [0.5, 0.6) is 0 Å². The lowest BCUT2D eigenvalue weighted by atomic mass is 9.93. The Bertz CT molecular complexity index is 2610. The number of aliphatic hydroxyl groups is 1. The molecule has 6 aromatic rings. The fraction of sp³-hybridized carbons (Fsp3) is 0.309. The number of carbonyl (C=O) groups is 2. The molecule has 15 heteroatoms. The molecule has 3 aliphatic heterocycles. The summed E-state index contributed by atoms with van der Waals surface area (Å²) in [5.74, 6) is -1.16. The maximum atomic E-state index is 14.5. The number of fused-ring (bicyclic) bond motifs is 1. The van der Waals surface area contributed by atoms with E-state index >= 15 is 0 Å². The predicted octanol–water partition coefficient (Wildman–Crippen LogP) is 8.35. The van der Waals surface area contributed by atoms with Crippen molar-refractivity contribution in [3.8, 4) is 0 Å². The predicted molar refractivity (Wildman–Crippen MR) is 255 cm³/mol. The van der Waals surface area contributed by atoms with E-state index in [1.807, 2.05) is 152 Å². The van der Waals surface area contributed by atoms with Gasteiger partial charge in [0.2, 0.25) is 0 Å². The van der Waals surface area contributed by atoms with Crippen LogP contribution in [0.25, 0.3) is 10.4 Å². The SMILES string of the molecule is [N-]=[N+]=N[C@H]1[C@H](O[C@H]2[C@H](OCc3ccccc3)[C@@H](N3C(=O)c4ccccc4C3=O)[C@H](OCc3ccccc3)O[C@@H]2CO)O[C@H](COCc2ccccc2)[C@@H](OCc2ccccc2)[C@@H]1OCc1ccccc1. The lowest BCUT2D eigenvalue weighted by Gasteiger charge is -2.50. The molecule has 0 radical (unpaired) electrons. The molecule has 2 saturated heterocycles. The average Bonchev–Trinajstić information content (AvgIpc) is 3.66. The topological polar surface area (TPSA) is 180 Å². The summed E-state index contributed by atoms with van der Waals surface area (Å²) in [6.45, 7) is -0.0841. The van der Waals surface area contributed by atoms with Crippen LogP contribution < -0.4 is 0 Å². The fourth-order valence-electron chi connectivity index (χ4n) is 9.07. The van der Waals surface area contributed by atoms with Crippen molar-refractivity contribution in [3.63, 3.8) is 0 Å². The highest BCUT2D eigenvalue weighted by Crippen LogP contribution is 2.39. The van der Waals surface area contributed by atoms with E-state index in [0.29, 0.717) is 0 Å². The summed E-state index contributed by atoms with van der Waals surface area (Å²) in [6.07, 6.45) is -9.26. The molecule has 1 N–H and O–H groups in total. The molecule has 0 spiro atoms. The van der Waals surface area contributed by atoms with Crippen molar-refractivity contribution < 1.29 is 52.6 Å². The molecule has 3 aliphatic rings. The highest BCUT2D eigenvalue weighted by Gasteiger charge is 2.57. The molecular weight excluding hydrogens is 893 g/mol. The maximum absolute atomic E-state index is 14.5. The Hall–Kier alpha value is -6.59. The third-order valence-corrected chi connectivity index (χ3v) is 12.5. The number of benzene rings is 6. The van der Waals surface area contributed by atoms with Gasteiger partial charge in [-0.15, -0.1) is 0 Å². The number of hydrogen-bond acceptors (Lipinski definition) is 12. The van der Waals surface area contributed by atoms with Gasteiger partial charge in [0.15, 0.2) is 12.6 Å². The molecule has 2 fully saturated rings. The van der Waals surface area contributed by atoms with E-state index in [9.17, 15) is 20.2 Å². The molecule has 70 heavy (non-hydrogen) atoms. The Morgan fingerprint density at radius 1 is 0.500 bits per heavy atom. The minimum Gasteiger partial charge on any atom is -0.394 e. The number of rotatable bonds is 21. The minimum absolute atomic E-state index is 0.00590. The number of amides is 2. The highest BCUT2D eigenvalue weighted by molar-refractivity contribution is 6.21. The monoisotopic (exact) mass is 946 g/mol. The van der Waals surface area contributed by atoms with E-state index in [2.05, 4.69) is 10.0 Å². The molecule has 15 nitrogen and oxygen atoms in total. The van der Waals surface area contributed by atoms with Crippen molar-refractivity contribution in [3.05, 3.63) is 225 Å². The first kappa shape index (κ1) is 48.4.